The second kappa shape index (κ2) is 5.21. The Balaban J connectivity index is 2.16. The number of phenolic OH excluding ortho intramolecular Hbond substituents is 1. The van der Waals surface area contributed by atoms with Crippen LogP contribution in [0.25, 0.3) is 21.9 Å². The third-order valence-electron chi connectivity index (χ3n) is 5.02. The highest BCUT2D eigenvalue weighted by Gasteiger charge is 2.31. The molecule has 5 nitrogen and oxygen atoms in total. The number of pyridine rings is 1. The van der Waals surface area contributed by atoms with E-state index >= 15 is 0 Å². The van der Waals surface area contributed by atoms with E-state index in [0.717, 1.165) is 38.6 Å². The molecular weight excluding hydrogens is 314 g/mol. The van der Waals surface area contributed by atoms with Crippen LogP contribution >= 0.6 is 0 Å². The van der Waals surface area contributed by atoms with Gasteiger partial charge >= 0.3 is 0 Å². The molecule has 3 N–H and O–H groups in total. The van der Waals surface area contributed by atoms with Crippen LogP contribution in [0.5, 0.6) is 5.75 Å². The van der Waals surface area contributed by atoms with Gasteiger partial charge < -0.3 is 15.7 Å². The van der Waals surface area contributed by atoms with Crippen LogP contribution in [0, 0.1) is 13.8 Å². The van der Waals surface area contributed by atoms with Crippen molar-refractivity contribution in [1.82, 2.24) is 9.88 Å². The van der Waals surface area contributed by atoms with Crippen LogP contribution in [0.4, 0.5) is 5.82 Å². The molecule has 0 saturated heterocycles. The summed E-state index contributed by atoms with van der Waals surface area (Å²) < 4.78 is 0. The number of carbonyl (C=O) groups is 1. The molecule has 0 saturated carbocycles. The summed E-state index contributed by atoms with van der Waals surface area (Å²) >= 11 is 0. The minimum Gasteiger partial charge on any atom is -0.508 e. The summed E-state index contributed by atoms with van der Waals surface area (Å²) in [6.07, 6.45) is 1.74. The maximum Gasteiger partial charge on any atom is 0.254 e. The number of anilines is 1. The molecule has 2 heterocycles. The molecule has 2 aromatic carbocycles. The quantitative estimate of drug-likeness (QED) is 0.715. The number of nitrogen functional groups attached to an aromatic ring is 1. The number of aromatic nitrogens is 1. The monoisotopic (exact) mass is 333 g/mol. The van der Waals surface area contributed by atoms with Gasteiger partial charge in [-0.3, -0.25) is 4.79 Å². The van der Waals surface area contributed by atoms with Crippen molar-refractivity contribution in [3.05, 3.63) is 52.7 Å². The highest BCUT2D eigenvalue weighted by Crippen LogP contribution is 2.41. The second-order valence-electron chi connectivity index (χ2n) is 6.67. The molecule has 0 aliphatic carbocycles. The largest absolute Gasteiger partial charge is 0.508 e. The number of amides is 1. The molecule has 0 atom stereocenters. The summed E-state index contributed by atoms with van der Waals surface area (Å²) in [6.45, 7) is 4.40. The zero-order valence-electron chi connectivity index (χ0n) is 14.4. The number of aryl methyl sites for hydroxylation is 1. The molecule has 5 heteroatoms. The molecule has 1 aliphatic rings. The standard InChI is InChI=1S/C20H19N3O2/c1-10-4-5-16(24)11(2)18(10)14-6-12-8-22-17(21)7-13(12)15-9-23(3)20(25)19(14)15/h4-8,24H,9H2,1-3H3,(H2,21,22). The van der Waals surface area contributed by atoms with E-state index in [1.54, 1.807) is 24.2 Å². The van der Waals surface area contributed by atoms with Crippen molar-refractivity contribution in [1.29, 1.82) is 0 Å². The minimum atomic E-state index is -0.00979. The number of fused-ring (bicyclic) bond motifs is 3. The summed E-state index contributed by atoms with van der Waals surface area (Å²) in [6, 6.07) is 7.36. The topological polar surface area (TPSA) is 79.5 Å². The second-order valence-corrected chi connectivity index (χ2v) is 6.67. The van der Waals surface area contributed by atoms with Crippen molar-refractivity contribution >= 4 is 22.5 Å². The number of phenols is 1. The van der Waals surface area contributed by atoms with Gasteiger partial charge in [0.25, 0.3) is 5.91 Å². The van der Waals surface area contributed by atoms with Gasteiger partial charge in [0.2, 0.25) is 0 Å². The van der Waals surface area contributed by atoms with E-state index in [9.17, 15) is 9.90 Å². The van der Waals surface area contributed by atoms with Crippen molar-refractivity contribution in [2.75, 3.05) is 12.8 Å². The third-order valence-corrected chi connectivity index (χ3v) is 5.02. The first kappa shape index (κ1) is 15.4. The van der Waals surface area contributed by atoms with Crippen LogP contribution < -0.4 is 5.73 Å². The Morgan fingerprint density at radius 2 is 1.96 bits per heavy atom. The highest BCUT2D eigenvalue weighted by molar-refractivity contribution is 6.11. The predicted molar refractivity (Wildman–Crippen MR) is 98.5 cm³/mol. The van der Waals surface area contributed by atoms with Gasteiger partial charge in [0.05, 0.1) is 5.56 Å². The average Bonchev–Trinajstić information content (AvgIpc) is 2.88. The molecule has 0 unspecified atom stereocenters. The zero-order valence-corrected chi connectivity index (χ0v) is 14.4. The summed E-state index contributed by atoms with van der Waals surface area (Å²) in [5, 5.41) is 12.1. The first-order valence-corrected chi connectivity index (χ1v) is 8.14. The number of nitrogens with zero attached hydrogens (tertiary/aromatic N) is 2. The van der Waals surface area contributed by atoms with Gasteiger partial charge in [0.1, 0.15) is 11.6 Å². The normalized spacial score (nSPS) is 13.6. The Hall–Kier alpha value is -3.08. The lowest BCUT2D eigenvalue weighted by Crippen LogP contribution is -2.18. The zero-order chi connectivity index (χ0) is 17.9. The maximum absolute atomic E-state index is 12.8. The third kappa shape index (κ3) is 2.16. The number of rotatable bonds is 1. The molecule has 0 fully saturated rings. The first-order chi connectivity index (χ1) is 11.9. The van der Waals surface area contributed by atoms with E-state index in [1.165, 1.54) is 0 Å². The van der Waals surface area contributed by atoms with E-state index in [0.29, 0.717) is 17.9 Å². The van der Waals surface area contributed by atoms with E-state index < -0.39 is 0 Å². The van der Waals surface area contributed by atoms with Crippen molar-refractivity contribution < 1.29 is 9.90 Å². The smallest absolute Gasteiger partial charge is 0.254 e. The molecule has 1 amide bonds. The van der Waals surface area contributed by atoms with E-state index in [-0.39, 0.29) is 11.7 Å². The minimum absolute atomic E-state index is 0.00979. The number of aromatic hydroxyl groups is 1. The summed E-state index contributed by atoms with van der Waals surface area (Å²) in [7, 11) is 1.80. The molecule has 4 rings (SSSR count). The number of hydrogen-bond acceptors (Lipinski definition) is 4. The number of benzene rings is 2. The van der Waals surface area contributed by atoms with Gasteiger partial charge in [-0.1, -0.05) is 6.07 Å². The van der Waals surface area contributed by atoms with E-state index in [4.69, 9.17) is 5.73 Å². The van der Waals surface area contributed by atoms with Crippen molar-refractivity contribution in [2.45, 2.75) is 20.4 Å². The molecule has 1 aromatic heterocycles. The summed E-state index contributed by atoms with van der Waals surface area (Å²) in [5.41, 5.74) is 11.1. The van der Waals surface area contributed by atoms with Crippen LogP contribution in [0.1, 0.15) is 27.0 Å². The Morgan fingerprint density at radius 1 is 1.20 bits per heavy atom. The average molecular weight is 333 g/mol. The van der Waals surface area contributed by atoms with Crippen LogP contribution in [-0.2, 0) is 6.54 Å². The molecule has 25 heavy (non-hydrogen) atoms. The molecule has 126 valence electrons. The van der Waals surface area contributed by atoms with Gasteiger partial charge in [-0.05, 0) is 65.3 Å². The molecule has 0 bridgehead atoms. The fourth-order valence-electron chi connectivity index (χ4n) is 3.74. The lowest BCUT2D eigenvalue weighted by Gasteiger charge is -2.16. The molecular formula is C20H19N3O2. The van der Waals surface area contributed by atoms with Crippen molar-refractivity contribution in [3.63, 3.8) is 0 Å². The van der Waals surface area contributed by atoms with Gasteiger partial charge in [0.15, 0.2) is 0 Å². The molecule has 0 radical (unpaired) electrons. The predicted octanol–water partition coefficient (Wildman–Crippen LogP) is 3.39. The maximum atomic E-state index is 12.8. The Kier molecular flexibility index (Phi) is 3.22. The van der Waals surface area contributed by atoms with Crippen LogP contribution in [0.15, 0.2) is 30.5 Å². The van der Waals surface area contributed by atoms with E-state index in [2.05, 4.69) is 4.98 Å². The SMILES string of the molecule is Cc1ccc(O)c(C)c1-c1cc2cnc(N)cc2c2c1C(=O)N(C)C2. The Labute approximate surface area is 145 Å². The fourth-order valence-corrected chi connectivity index (χ4v) is 3.74. The van der Waals surface area contributed by atoms with Gasteiger partial charge in [-0.15, -0.1) is 0 Å². The number of nitrogens with two attached hydrogens (primary N) is 1. The molecule has 3 aromatic rings. The highest BCUT2D eigenvalue weighted by atomic mass is 16.3. The first-order valence-electron chi connectivity index (χ1n) is 8.14. The number of hydrogen-bond donors (Lipinski definition) is 2. The fraction of sp³-hybridized carbons (Fsp3) is 0.200. The van der Waals surface area contributed by atoms with Crippen LogP contribution in [-0.4, -0.2) is 27.9 Å². The van der Waals surface area contributed by atoms with Crippen molar-refractivity contribution in [2.24, 2.45) is 0 Å². The Bertz CT molecular complexity index is 1060. The summed E-state index contributed by atoms with van der Waals surface area (Å²) in [4.78, 5) is 18.7. The van der Waals surface area contributed by atoms with Gasteiger partial charge in [-0.2, -0.15) is 0 Å². The number of carbonyl (C=O) groups excluding carboxylic acids is 1. The van der Waals surface area contributed by atoms with Gasteiger partial charge in [-0.25, -0.2) is 4.98 Å². The van der Waals surface area contributed by atoms with Crippen LogP contribution in [0.2, 0.25) is 0 Å². The van der Waals surface area contributed by atoms with E-state index in [1.807, 2.05) is 32.0 Å². The summed E-state index contributed by atoms with van der Waals surface area (Å²) in [5.74, 6) is 0.655. The van der Waals surface area contributed by atoms with Gasteiger partial charge in [0, 0.05) is 25.2 Å². The van der Waals surface area contributed by atoms with Crippen LogP contribution in [0.3, 0.4) is 0 Å². The van der Waals surface area contributed by atoms with Crippen molar-refractivity contribution in [3.8, 4) is 16.9 Å². The lowest BCUT2D eigenvalue weighted by atomic mass is 9.88. The lowest BCUT2D eigenvalue weighted by molar-refractivity contribution is 0.0817. The molecule has 0 spiro atoms. The Morgan fingerprint density at radius 3 is 2.72 bits per heavy atom. The molecule has 1 aliphatic heterocycles.